The van der Waals surface area contributed by atoms with Gasteiger partial charge in [0.05, 0.1) is 6.61 Å². The van der Waals surface area contributed by atoms with Gasteiger partial charge in [-0.05, 0) is 19.8 Å². The van der Waals surface area contributed by atoms with Crippen LogP contribution in [-0.2, 0) is 19.6 Å². The lowest BCUT2D eigenvalue weighted by molar-refractivity contribution is -0.139. The summed E-state index contributed by atoms with van der Waals surface area (Å²) in [5, 5.41) is 0. The fourth-order valence-corrected chi connectivity index (χ4v) is 3.54. The highest BCUT2D eigenvalue weighted by molar-refractivity contribution is 7.90. The maximum absolute atomic E-state index is 11.8. The van der Waals surface area contributed by atoms with E-state index >= 15 is 0 Å². The van der Waals surface area contributed by atoms with E-state index in [0.29, 0.717) is 0 Å². The van der Waals surface area contributed by atoms with Gasteiger partial charge in [0.25, 0.3) is 0 Å². The van der Waals surface area contributed by atoms with Crippen LogP contribution >= 0.6 is 0 Å². The Morgan fingerprint density at radius 2 is 2.00 bits per heavy atom. The van der Waals surface area contributed by atoms with Gasteiger partial charge in [-0.3, -0.25) is 4.79 Å². The molecule has 0 saturated heterocycles. The highest BCUT2D eigenvalue weighted by atomic mass is 32.2. The van der Waals surface area contributed by atoms with E-state index in [4.69, 9.17) is 5.73 Å². The average Bonchev–Trinajstić information content (AvgIpc) is 2.65. The molecular formula is C10H20N2O4S. The Hall–Kier alpha value is -0.660. The van der Waals surface area contributed by atoms with Gasteiger partial charge in [0.1, 0.15) is 0 Å². The number of esters is 1. The zero-order chi connectivity index (χ0) is 12.9. The van der Waals surface area contributed by atoms with Gasteiger partial charge in [-0.2, -0.15) is 0 Å². The van der Waals surface area contributed by atoms with Gasteiger partial charge in [0, 0.05) is 12.1 Å². The third-order valence-corrected chi connectivity index (χ3v) is 4.30. The van der Waals surface area contributed by atoms with Crippen molar-refractivity contribution in [2.24, 2.45) is 5.73 Å². The van der Waals surface area contributed by atoms with Crippen molar-refractivity contribution in [3.8, 4) is 0 Å². The largest absolute Gasteiger partial charge is 0.465 e. The first-order valence-electron chi connectivity index (χ1n) is 5.80. The average molecular weight is 264 g/mol. The Labute approximate surface area is 102 Å². The second-order valence-corrected chi connectivity index (χ2v) is 6.08. The summed E-state index contributed by atoms with van der Waals surface area (Å²) in [5.41, 5.74) is 5.06. The van der Waals surface area contributed by atoms with Crippen molar-refractivity contribution >= 4 is 16.0 Å². The van der Waals surface area contributed by atoms with E-state index in [0.717, 1.165) is 25.7 Å². The van der Waals surface area contributed by atoms with Gasteiger partial charge in [-0.1, -0.05) is 12.8 Å². The van der Waals surface area contributed by atoms with Crippen LogP contribution in [0.2, 0.25) is 0 Å². The molecule has 0 unspecified atom stereocenters. The van der Waals surface area contributed by atoms with Gasteiger partial charge < -0.3 is 10.5 Å². The molecule has 3 N–H and O–H groups in total. The maximum atomic E-state index is 11.8. The lowest BCUT2D eigenvalue weighted by atomic mass is 10.0. The topological polar surface area (TPSA) is 98.5 Å². The zero-order valence-corrected chi connectivity index (χ0v) is 10.9. The Kier molecular flexibility index (Phi) is 4.91. The van der Waals surface area contributed by atoms with Crippen LogP contribution in [0.3, 0.4) is 0 Å². The van der Waals surface area contributed by atoms with Crippen LogP contribution < -0.4 is 10.5 Å². The van der Waals surface area contributed by atoms with Crippen LogP contribution in [-0.4, -0.2) is 38.8 Å². The number of carbonyl (C=O) groups is 1. The number of rotatable bonds is 6. The van der Waals surface area contributed by atoms with Crippen molar-refractivity contribution in [3.05, 3.63) is 0 Å². The number of hydrogen-bond donors (Lipinski definition) is 2. The first-order valence-corrected chi connectivity index (χ1v) is 7.45. The Bertz CT molecular complexity index is 361. The monoisotopic (exact) mass is 264 g/mol. The predicted octanol–water partition coefficient (Wildman–Crippen LogP) is -0.260. The normalized spacial score (nSPS) is 19.2. The molecule has 0 aliphatic heterocycles. The van der Waals surface area contributed by atoms with E-state index in [9.17, 15) is 13.2 Å². The highest BCUT2D eigenvalue weighted by Crippen LogP contribution is 2.29. The minimum absolute atomic E-state index is 0.177. The summed E-state index contributed by atoms with van der Waals surface area (Å²) in [6.45, 7) is 2.07. The molecule has 0 radical (unpaired) electrons. The lowest BCUT2D eigenvalue weighted by Gasteiger charge is -2.27. The molecule has 1 fully saturated rings. The molecule has 17 heavy (non-hydrogen) atoms. The molecule has 0 aromatic rings. The fourth-order valence-electron chi connectivity index (χ4n) is 2.12. The molecule has 100 valence electrons. The Morgan fingerprint density at radius 3 is 2.47 bits per heavy atom. The van der Waals surface area contributed by atoms with Crippen LogP contribution in [0.4, 0.5) is 0 Å². The fraction of sp³-hybridized carbons (Fsp3) is 0.900. The number of hydrogen-bond acceptors (Lipinski definition) is 5. The predicted molar refractivity (Wildman–Crippen MR) is 63.8 cm³/mol. The van der Waals surface area contributed by atoms with E-state index in [1.165, 1.54) is 0 Å². The minimum atomic E-state index is -3.66. The molecule has 7 heteroatoms. The molecule has 0 spiro atoms. The van der Waals surface area contributed by atoms with Gasteiger partial charge in [-0.25, -0.2) is 13.1 Å². The molecule has 0 aromatic heterocycles. The van der Waals surface area contributed by atoms with Gasteiger partial charge in [0.15, 0.2) is 5.75 Å². The van der Waals surface area contributed by atoms with Crippen molar-refractivity contribution in [1.82, 2.24) is 4.72 Å². The van der Waals surface area contributed by atoms with E-state index in [1.54, 1.807) is 6.92 Å². The molecule has 1 aliphatic carbocycles. The Balaban J connectivity index is 2.62. The summed E-state index contributed by atoms with van der Waals surface area (Å²) >= 11 is 0. The maximum Gasteiger partial charge on any atom is 0.322 e. The van der Waals surface area contributed by atoms with Crippen molar-refractivity contribution < 1.29 is 17.9 Å². The smallest absolute Gasteiger partial charge is 0.322 e. The summed E-state index contributed by atoms with van der Waals surface area (Å²) < 4.78 is 30.7. The van der Waals surface area contributed by atoms with Crippen molar-refractivity contribution in [3.63, 3.8) is 0 Å². The molecule has 6 nitrogen and oxygen atoms in total. The molecule has 1 aliphatic rings. The van der Waals surface area contributed by atoms with E-state index in [-0.39, 0.29) is 13.2 Å². The van der Waals surface area contributed by atoms with Crippen molar-refractivity contribution in [2.45, 2.75) is 38.1 Å². The molecule has 1 rings (SSSR count). The molecule has 0 bridgehead atoms. The van der Waals surface area contributed by atoms with E-state index < -0.39 is 27.3 Å². The van der Waals surface area contributed by atoms with Gasteiger partial charge in [-0.15, -0.1) is 0 Å². The first kappa shape index (κ1) is 14.4. The van der Waals surface area contributed by atoms with Crippen LogP contribution in [0.1, 0.15) is 32.6 Å². The summed E-state index contributed by atoms with van der Waals surface area (Å²) in [6.07, 6.45) is 3.37. The minimum Gasteiger partial charge on any atom is -0.465 e. The second kappa shape index (κ2) is 5.79. The SMILES string of the molecule is CCOC(=O)CS(=O)(=O)NC1(CN)CCCC1. The van der Waals surface area contributed by atoms with Crippen LogP contribution in [0.15, 0.2) is 0 Å². The van der Waals surface area contributed by atoms with Crippen LogP contribution in [0, 0.1) is 0 Å². The van der Waals surface area contributed by atoms with Crippen molar-refractivity contribution in [1.29, 1.82) is 0 Å². The van der Waals surface area contributed by atoms with Crippen LogP contribution in [0.5, 0.6) is 0 Å². The Morgan fingerprint density at radius 1 is 1.41 bits per heavy atom. The number of sulfonamides is 1. The summed E-state index contributed by atoms with van der Waals surface area (Å²) in [7, 11) is -3.66. The van der Waals surface area contributed by atoms with Crippen molar-refractivity contribution in [2.75, 3.05) is 18.9 Å². The number of nitrogens with two attached hydrogens (primary N) is 1. The van der Waals surface area contributed by atoms with Gasteiger partial charge in [0.2, 0.25) is 10.0 Å². The van der Waals surface area contributed by atoms with Crippen LogP contribution in [0.25, 0.3) is 0 Å². The zero-order valence-electron chi connectivity index (χ0n) is 10.1. The third-order valence-electron chi connectivity index (χ3n) is 2.94. The first-order chi connectivity index (χ1) is 7.93. The molecule has 1 saturated carbocycles. The highest BCUT2D eigenvalue weighted by Gasteiger charge is 2.36. The van der Waals surface area contributed by atoms with E-state index in [2.05, 4.69) is 9.46 Å². The molecule has 0 amide bonds. The third kappa shape index (κ3) is 4.25. The molecule has 0 heterocycles. The quantitative estimate of drug-likeness (QED) is 0.644. The summed E-state index contributed by atoms with van der Waals surface area (Å²) in [4.78, 5) is 11.2. The number of nitrogens with one attached hydrogen (secondary N) is 1. The molecule has 0 aromatic carbocycles. The van der Waals surface area contributed by atoms with E-state index in [1.807, 2.05) is 0 Å². The standard InChI is InChI=1S/C10H20N2O4S/c1-2-16-9(13)7-17(14,15)12-10(8-11)5-3-4-6-10/h12H,2-8,11H2,1H3. The molecular weight excluding hydrogens is 244 g/mol. The van der Waals surface area contributed by atoms with Gasteiger partial charge >= 0.3 is 5.97 Å². The lowest BCUT2D eigenvalue weighted by Crippen LogP contribution is -2.52. The summed E-state index contributed by atoms with van der Waals surface area (Å²) in [6, 6.07) is 0. The summed E-state index contributed by atoms with van der Waals surface area (Å²) in [5.74, 6) is -1.37. The second-order valence-electron chi connectivity index (χ2n) is 4.36. The number of ether oxygens (including phenoxy) is 1. The molecule has 0 atom stereocenters. The number of carbonyl (C=O) groups excluding carboxylic acids is 1.